The quantitative estimate of drug-likeness (QED) is 0.744. The Balaban J connectivity index is 2.34. The molecule has 0 aliphatic heterocycles. The molecule has 0 saturated heterocycles. The number of carbonyl (C=O) groups is 1. The van der Waals surface area contributed by atoms with Gasteiger partial charge in [-0.2, -0.15) is 5.48 Å². The molecule has 0 bridgehead atoms. The zero-order valence-corrected chi connectivity index (χ0v) is 11.6. The third kappa shape index (κ3) is 5.69. The summed E-state index contributed by atoms with van der Waals surface area (Å²) >= 11 is 0. The highest BCUT2D eigenvalue weighted by atomic mass is 16.7. The van der Waals surface area contributed by atoms with Crippen LogP contribution in [0.1, 0.15) is 52.9 Å². The molecule has 2 N–H and O–H groups in total. The minimum atomic E-state index is -0.580. The maximum absolute atomic E-state index is 11.5. The molecule has 0 aromatic rings. The van der Waals surface area contributed by atoms with Crippen LogP contribution in [0.15, 0.2) is 0 Å². The molecule has 0 aromatic carbocycles. The van der Waals surface area contributed by atoms with Crippen molar-refractivity contribution in [2.45, 2.75) is 64.6 Å². The van der Waals surface area contributed by atoms with Crippen LogP contribution in [0.5, 0.6) is 0 Å². The lowest BCUT2D eigenvalue weighted by molar-refractivity contribution is -0.0696. The second-order valence-corrected chi connectivity index (χ2v) is 5.82. The van der Waals surface area contributed by atoms with E-state index in [9.17, 15) is 4.79 Å². The number of rotatable bonds is 5. The SMILES string of the molecule is CC(C)(C)OC(=O)NOC(CCO)C1CCCC1. The standard InChI is InChI=1S/C13H25NO4/c1-13(2,3)17-12(16)14-18-11(8-9-15)10-6-4-5-7-10/h10-11,15H,4-9H2,1-3H3,(H,14,16). The molecule has 0 heterocycles. The largest absolute Gasteiger partial charge is 0.442 e. The van der Waals surface area contributed by atoms with Crippen LogP contribution in [0.4, 0.5) is 4.79 Å². The van der Waals surface area contributed by atoms with Gasteiger partial charge < -0.3 is 9.84 Å². The van der Waals surface area contributed by atoms with Crippen molar-refractivity contribution in [3.8, 4) is 0 Å². The van der Waals surface area contributed by atoms with Gasteiger partial charge in [0.15, 0.2) is 0 Å². The lowest BCUT2D eigenvalue weighted by atomic mass is 9.99. The third-order valence-electron chi connectivity index (χ3n) is 3.03. The molecule has 5 nitrogen and oxygen atoms in total. The third-order valence-corrected chi connectivity index (χ3v) is 3.03. The highest BCUT2D eigenvalue weighted by molar-refractivity contribution is 5.66. The van der Waals surface area contributed by atoms with E-state index in [1.54, 1.807) is 20.8 Å². The molecule has 1 aliphatic carbocycles. The van der Waals surface area contributed by atoms with Gasteiger partial charge in [0.05, 0.1) is 6.10 Å². The van der Waals surface area contributed by atoms with E-state index in [0.29, 0.717) is 12.3 Å². The zero-order chi connectivity index (χ0) is 13.6. The zero-order valence-electron chi connectivity index (χ0n) is 11.6. The van der Waals surface area contributed by atoms with Gasteiger partial charge in [0.25, 0.3) is 0 Å². The van der Waals surface area contributed by atoms with E-state index in [1.165, 1.54) is 12.8 Å². The van der Waals surface area contributed by atoms with Crippen LogP contribution in [0, 0.1) is 5.92 Å². The van der Waals surface area contributed by atoms with E-state index in [-0.39, 0.29) is 12.7 Å². The molecular formula is C13H25NO4. The van der Waals surface area contributed by atoms with Crippen LogP contribution in [0.3, 0.4) is 0 Å². The maximum Gasteiger partial charge on any atom is 0.431 e. The van der Waals surface area contributed by atoms with Crippen molar-refractivity contribution in [2.75, 3.05) is 6.61 Å². The van der Waals surface area contributed by atoms with Gasteiger partial charge in [-0.05, 0) is 46.0 Å². The number of ether oxygens (including phenoxy) is 1. The summed E-state index contributed by atoms with van der Waals surface area (Å²) < 4.78 is 5.09. The van der Waals surface area contributed by atoms with Gasteiger partial charge in [-0.1, -0.05) is 12.8 Å². The second kappa shape index (κ2) is 6.95. The molecule has 5 heteroatoms. The van der Waals surface area contributed by atoms with E-state index in [2.05, 4.69) is 5.48 Å². The van der Waals surface area contributed by atoms with Gasteiger partial charge >= 0.3 is 6.09 Å². The predicted molar refractivity (Wildman–Crippen MR) is 67.9 cm³/mol. The molecule has 1 aliphatic rings. The topological polar surface area (TPSA) is 67.8 Å². The Hall–Kier alpha value is -0.810. The predicted octanol–water partition coefficient (Wildman–Crippen LogP) is 2.38. The number of nitrogens with one attached hydrogen (secondary N) is 1. The van der Waals surface area contributed by atoms with Crippen LogP contribution in [0.2, 0.25) is 0 Å². The fraction of sp³-hybridized carbons (Fsp3) is 0.923. The number of hydroxylamine groups is 1. The molecule has 1 rings (SSSR count). The Bertz CT molecular complexity index is 256. The number of carbonyl (C=O) groups excluding carboxylic acids is 1. The van der Waals surface area contributed by atoms with Crippen LogP contribution in [0.25, 0.3) is 0 Å². The van der Waals surface area contributed by atoms with E-state index >= 15 is 0 Å². The molecule has 1 unspecified atom stereocenters. The van der Waals surface area contributed by atoms with Crippen LogP contribution >= 0.6 is 0 Å². The highest BCUT2D eigenvalue weighted by Gasteiger charge is 2.27. The first kappa shape index (κ1) is 15.2. The molecule has 1 amide bonds. The van der Waals surface area contributed by atoms with Crippen LogP contribution < -0.4 is 5.48 Å². The van der Waals surface area contributed by atoms with Crippen molar-refractivity contribution in [1.82, 2.24) is 5.48 Å². The first-order valence-corrected chi connectivity index (χ1v) is 6.68. The molecular weight excluding hydrogens is 234 g/mol. The monoisotopic (exact) mass is 259 g/mol. The molecule has 0 radical (unpaired) electrons. The number of aliphatic hydroxyl groups is 1. The van der Waals surface area contributed by atoms with Gasteiger partial charge in [0.2, 0.25) is 0 Å². The Morgan fingerprint density at radius 3 is 2.50 bits per heavy atom. The number of amides is 1. The average Bonchev–Trinajstić information content (AvgIpc) is 2.74. The van der Waals surface area contributed by atoms with Crippen LogP contribution in [-0.2, 0) is 9.57 Å². The van der Waals surface area contributed by atoms with Crippen molar-refractivity contribution >= 4 is 6.09 Å². The first-order chi connectivity index (χ1) is 8.42. The fourth-order valence-electron chi connectivity index (χ4n) is 2.27. The Kier molecular flexibility index (Phi) is 5.88. The summed E-state index contributed by atoms with van der Waals surface area (Å²) in [5.41, 5.74) is 1.79. The minimum absolute atomic E-state index is 0.0666. The Morgan fingerprint density at radius 1 is 1.39 bits per heavy atom. The summed E-state index contributed by atoms with van der Waals surface area (Å²) in [6.07, 6.45) is 4.43. The van der Waals surface area contributed by atoms with Crippen molar-refractivity contribution in [3.05, 3.63) is 0 Å². The second-order valence-electron chi connectivity index (χ2n) is 5.82. The van der Waals surface area contributed by atoms with Crippen molar-refractivity contribution in [1.29, 1.82) is 0 Å². The van der Waals surface area contributed by atoms with E-state index < -0.39 is 11.7 Å². The Morgan fingerprint density at radius 2 is 2.00 bits per heavy atom. The minimum Gasteiger partial charge on any atom is -0.442 e. The van der Waals surface area contributed by atoms with E-state index in [0.717, 1.165) is 12.8 Å². The first-order valence-electron chi connectivity index (χ1n) is 6.68. The number of hydrogen-bond acceptors (Lipinski definition) is 4. The summed E-state index contributed by atoms with van der Waals surface area (Å²) in [7, 11) is 0. The molecule has 106 valence electrons. The normalized spacial score (nSPS) is 18.7. The van der Waals surface area contributed by atoms with Gasteiger partial charge in [-0.25, -0.2) is 4.79 Å². The molecule has 0 aromatic heterocycles. The van der Waals surface area contributed by atoms with Crippen molar-refractivity contribution in [3.63, 3.8) is 0 Å². The Labute approximate surface area is 109 Å². The van der Waals surface area contributed by atoms with Gasteiger partial charge in [-0.3, -0.25) is 4.84 Å². The van der Waals surface area contributed by atoms with E-state index in [4.69, 9.17) is 14.7 Å². The molecule has 1 saturated carbocycles. The highest BCUT2D eigenvalue weighted by Crippen LogP contribution is 2.30. The number of aliphatic hydroxyl groups excluding tert-OH is 1. The van der Waals surface area contributed by atoms with Gasteiger partial charge in [0, 0.05) is 6.61 Å². The van der Waals surface area contributed by atoms with Crippen molar-refractivity contribution < 1.29 is 19.5 Å². The smallest absolute Gasteiger partial charge is 0.431 e. The lowest BCUT2D eigenvalue weighted by Crippen LogP contribution is -2.37. The van der Waals surface area contributed by atoms with Crippen molar-refractivity contribution in [2.24, 2.45) is 5.92 Å². The number of hydrogen-bond donors (Lipinski definition) is 2. The van der Waals surface area contributed by atoms with Crippen LogP contribution in [-0.4, -0.2) is 29.5 Å². The molecule has 0 spiro atoms. The van der Waals surface area contributed by atoms with E-state index in [1.807, 2.05) is 0 Å². The summed E-state index contributed by atoms with van der Waals surface area (Å²) in [6, 6.07) is 0. The average molecular weight is 259 g/mol. The molecule has 18 heavy (non-hydrogen) atoms. The summed E-state index contributed by atoms with van der Waals surface area (Å²) in [6.45, 7) is 5.47. The summed E-state index contributed by atoms with van der Waals surface area (Å²) in [5, 5.41) is 9.02. The summed E-state index contributed by atoms with van der Waals surface area (Å²) in [5.74, 6) is 0.423. The fourth-order valence-corrected chi connectivity index (χ4v) is 2.27. The molecule has 1 atom stereocenters. The molecule has 1 fully saturated rings. The van der Waals surface area contributed by atoms with Gasteiger partial charge in [0.1, 0.15) is 5.60 Å². The summed E-state index contributed by atoms with van der Waals surface area (Å²) in [4.78, 5) is 16.9. The maximum atomic E-state index is 11.5. The van der Waals surface area contributed by atoms with Gasteiger partial charge in [-0.15, -0.1) is 0 Å². The lowest BCUT2D eigenvalue weighted by Gasteiger charge is -2.24.